The van der Waals surface area contributed by atoms with Crippen LogP contribution in [0.25, 0.3) is 0 Å². The van der Waals surface area contributed by atoms with Gasteiger partial charge in [0.1, 0.15) is 16.1 Å². The number of halogens is 2. The van der Waals surface area contributed by atoms with Crippen molar-refractivity contribution in [1.82, 2.24) is 9.97 Å². The van der Waals surface area contributed by atoms with Gasteiger partial charge in [-0.3, -0.25) is 0 Å². The first-order valence-corrected chi connectivity index (χ1v) is 8.09. The summed E-state index contributed by atoms with van der Waals surface area (Å²) in [7, 11) is 0. The fourth-order valence-electron chi connectivity index (χ4n) is 1.72. The zero-order chi connectivity index (χ0) is 14.5. The van der Waals surface area contributed by atoms with Gasteiger partial charge in [-0.05, 0) is 30.9 Å². The summed E-state index contributed by atoms with van der Waals surface area (Å²) in [5, 5.41) is 1.39. The third-order valence-electron chi connectivity index (χ3n) is 2.68. The zero-order valence-electron chi connectivity index (χ0n) is 11.2. The highest BCUT2D eigenvalue weighted by Crippen LogP contribution is 2.27. The molecule has 0 unspecified atom stereocenters. The Labute approximate surface area is 132 Å². The molecule has 0 aliphatic heterocycles. The van der Waals surface area contributed by atoms with Crippen molar-refractivity contribution in [3.63, 3.8) is 0 Å². The number of thioether (sulfide) groups is 1. The van der Waals surface area contributed by atoms with Crippen LogP contribution in [-0.4, -0.2) is 22.8 Å². The molecule has 20 heavy (non-hydrogen) atoms. The molecule has 1 heterocycles. The normalized spacial score (nSPS) is 10.6. The van der Waals surface area contributed by atoms with E-state index in [2.05, 4.69) is 9.97 Å². The zero-order valence-corrected chi connectivity index (χ0v) is 13.5. The van der Waals surface area contributed by atoms with Gasteiger partial charge < -0.3 is 4.74 Å². The minimum absolute atomic E-state index is 0.406. The Kier molecular flexibility index (Phi) is 5.52. The minimum Gasteiger partial charge on any atom is -0.494 e. The highest BCUT2D eigenvalue weighted by Gasteiger charge is 2.12. The Morgan fingerprint density at radius 3 is 2.20 bits per heavy atom. The van der Waals surface area contributed by atoms with Crippen molar-refractivity contribution in [3.05, 3.63) is 45.7 Å². The van der Waals surface area contributed by atoms with Crippen LogP contribution in [0.2, 0.25) is 10.3 Å². The molecule has 2 aromatic rings. The lowest BCUT2D eigenvalue weighted by atomic mass is 10.1. The van der Waals surface area contributed by atoms with Crippen LogP contribution < -0.4 is 4.74 Å². The summed E-state index contributed by atoms with van der Waals surface area (Å²) in [6, 6.07) is 7.83. The molecule has 1 aromatic carbocycles. The van der Waals surface area contributed by atoms with Crippen LogP contribution >= 0.6 is 35.0 Å². The van der Waals surface area contributed by atoms with Crippen LogP contribution in [-0.2, 0) is 6.42 Å². The number of aromatic nitrogens is 2. The summed E-state index contributed by atoms with van der Waals surface area (Å²) in [6.45, 7) is 2.61. The lowest BCUT2D eigenvalue weighted by molar-refractivity contribution is 0.340. The average Bonchev–Trinajstić information content (AvgIpc) is 2.44. The molecule has 0 fully saturated rings. The van der Waals surface area contributed by atoms with Crippen molar-refractivity contribution in [1.29, 1.82) is 0 Å². The average molecular weight is 329 g/mol. The summed E-state index contributed by atoms with van der Waals surface area (Å²) >= 11 is 13.8. The van der Waals surface area contributed by atoms with Crippen LogP contribution in [0.5, 0.6) is 5.75 Å². The number of rotatable bonds is 5. The van der Waals surface area contributed by atoms with E-state index in [1.165, 1.54) is 11.8 Å². The number of hydrogen-bond acceptors (Lipinski definition) is 4. The van der Waals surface area contributed by atoms with Gasteiger partial charge in [0.15, 0.2) is 5.16 Å². The van der Waals surface area contributed by atoms with Crippen molar-refractivity contribution in [2.75, 3.05) is 12.9 Å². The first kappa shape index (κ1) is 15.4. The van der Waals surface area contributed by atoms with E-state index >= 15 is 0 Å². The molecule has 2 rings (SSSR count). The lowest BCUT2D eigenvalue weighted by Crippen LogP contribution is -1.98. The Hall–Kier alpha value is -0.970. The van der Waals surface area contributed by atoms with Crippen LogP contribution in [0.4, 0.5) is 0 Å². The van der Waals surface area contributed by atoms with Gasteiger partial charge in [-0.25, -0.2) is 9.97 Å². The standard InChI is InChI=1S/C14H14Cl2N2OS/c1-3-19-10-6-4-9(5-7-10)8-11-12(15)17-14(20-2)18-13(11)16/h4-7H,3,8H2,1-2H3. The molecule has 1 aromatic heterocycles. The molecule has 0 saturated heterocycles. The summed E-state index contributed by atoms with van der Waals surface area (Å²) < 4.78 is 5.41. The number of ether oxygens (including phenoxy) is 1. The number of nitrogens with zero attached hydrogens (tertiary/aromatic N) is 2. The summed E-state index contributed by atoms with van der Waals surface area (Å²) in [5.74, 6) is 0.849. The van der Waals surface area contributed by atoms with Crippen molar-refractivity contribution in [2.45, 2.75) is 18.5 Å². The summed E-state index contributed by atoms with van der Waals surface area (Å²) in [4.78, 5) is 8.41. The van der Waals surface area contributed by atoms with E-state index < -0.39 is 0 Å². The Morgan fingerprint density at radius 2 is 1.70 bits per heavy atom. The maximum absolute atomic E-state index is 6.17. The Bertz CT molecular complexity index is 567. The second kappa shape index (κ2) is 7.16. The molecule has 3 nitrogen and oxygen atoms in total. The number of hydrogen-bond donors (Lipinski definition) is 0. The van der Waals surface area contributed by atoms with Gasteiger partial charge in [0, 0.05) is 12.0 Å². The molecule has 0 saturated carbocycles. The fraction of sp³-hybridized carbons (Fsp3) is 0.286. The quantitative estimate of drug-likeness (QED) is 0.460. The van der Waals surface area contributed by atoms with E-state index in [1.54, 1.807) is 0 Å². The Balaban J connectivity index is 2.21. The largest absolute Gasteiger partial charge is 0.494 e. The first-order chi connectivity index (χ1) is 9.63. The molecular weight excluding hydrogens is 315 g/mol. The van der Waals surface area contributed by atoms with Crippen LogP contribution in [0.1, 0.15) is 18.1 Å². The van der Waals surface area contributed by atoms with Crippen molar-refractivity contribution >= 4 is 35.0 Å². The summed E-state index contributed by atoms with van der Waals surface area (Å²) in [6.07, 6.45) is 2.48. The molecule has 0 aliphatic rings. The molecule has 0 N–H and O–H groups in total. The smallest absolute Gasteiger partial charge is 0.190 e. The highest BCUT2D eigenvalue weighted by molar-refractivity contribution is 7.98. The molecular formula is C14H14Cl2N2OS. The third-order valence-corrected chi connectivity index (χ3v) is 3.86. The van der Waals surface area contributed by atoms with Gasteiger partial charge in [-0.15, -0.1) is 0 Å². The molecule has 0 atom stereocenters. The van der Waals surface area contributed by atoms with Crippen molar-refractivity contribution < 1.29 is 4.74 Å². The van der Waals surface area contributed by atoms with Gasteiger partial charge in [0.25, 0.3) is 0 Å². The number of benzene rings is 1. The van der Waals surface area contributed by atoms with Crippen molar-refractivity contribution in [3.8, 4) is 5.75 Å². The summed E-state index contributed by atoms with van der Waals surface area (Å²) in [5.41, 5.74) is 1.83. The van der Waals surface area contributed by atoms with Crippen molar-refractivity contribution in [2.24, 2.45) is 0 Å². The van der Waals surface area contributed by atoms with E-state index in [9.17, 15) is 0 Å². The van der Waals surface area contributed by atoms with Gasteiger partial charge >= 0.3 is 0 Å². The first-order valence-electron chi connectivity index (χ1n) is 6.11. The van der Waals surface area contributed by atoms with Gasteiger partial charge in [0.05, 0.1) is 6.61 Å². The fourth-order valence-corrected chi connectivity index (χ4v) is 2.71. The van der Waals surface area contributed by atoms with Crippen LogP contribution in [0.15, 0.2) is 29.4 Å². The minimum atomic E-state index is 0.406. The van der Waals surface area contributed by atoms with E-state index in [4.69, 9.17) is 27.9 Å². The Morgan fingerprint density at radius 1 is 1.10 bits per heavy atom. The molecule has 106 valence electrons. The maximum atomic E-state index is 6.17. The SMILES string of the molecule is CCOc1ccc(Cc2c(Cl)nc(SC)nc2Cl)cc1. The second-order valence-corrected chi connectivity index (χ2v) is 5.51. The molecule has 6 heteroatoms. The van der Waals surface area contributed by atoms with E-state index in [-0.39, 0.29) is 0 Å². The maximum Gasteiger partial charge on any atom is 0.190 e. The molecule has 0 bridgehead atoms. The van der Waals surface area contributed by atoms with Crippen LogP contribution in [0, 0.1) is 0 Å². The highest BCUT2D eigenvalue weighted by atomic mass is 35.5. The topological polar surface area (TPSA) is 35.0 Å². The van der Waals surface area contributed by atoms with Gasteiger partial charge in [0.2, 0.25) is 0 Å². The van der Waals surface area contributed by atoms with E-state index in [0.717, 1.165) is 16.9 Å². The van der Waals surface area contributed by atoms with Crippen LogP contribution in [0.3, 0.4) is 0 Å². The molecule has 0 radical (unpaired) electrons. The third kappa shape index (κ3) is 3.78. The second-order valence-electron chi connectivity index (χ2n) is 4.02. The predicted molar refractivity (Wildman–Crippen MR) is 84.3 cm³/mol. The van der Waals surface area contributed by atoms with E-state index in [0.29, 0.717) is 28.5 Å². The molecule has 0 amide bonds. The van der Waals surface area contributed by atoms with Gasteiger partial charge in [-0.2, -0.15) is 0 Å². The predicted octanol–water partition coefficient (Wildman–Crippen LogP) is 4.49. The molecule has 0 spiro atoms. The lowest BCUT2D eigenvalue weighted by Gasteiger charge is -2.08. The molecule has 0 aliphatic carbocycles. The monoisotopic (exact) mass is 328 g/mol. The van der Waals surface area contributed by atoms with E-state index in [1.807, 2.05) is 37.4 Å². The van der Waals surface area contributed by atoms with Gasteiger partial charge in [-0.1, -0.05) is 47.1 Å².